The number of amides is 2. The Labute approximate surface area is 160 Å². The second-order valence-electron chi connectivity index (χ2n) is 7.68. The van der Waals surface area contributed by atoms with Crippen LogP contribution in [0.15, 0.2) is 24.3 Å². The first-order valence-corrected chi connectivity index (χ1v) is 9.68. The Morgan fingerprint density at radius 2 is 2.04 bits per heavy atom. The Morgan fingerprint density at radius 3 is 2.81 bits per heavy atom. The van der Waals surface area contributed by atoms with Crippen LogP contribution in [0.5, 0.6) is 0 Å². The van der Waals surface area contributed by atoms with Crippen LogP contribution in [-0.4, -0.2) is 73.5 Å². The summed E-state index contributed by atoms with van der Waals surface area (Å²) in [6.07, 6.45) is 2.98. The minimum absolute atomic E-state index is 0.0136. The number of benzene rings is 1. The van der Waals surface area contributed by atoms with Crippen LogP contribution in [0.1, 0.15) is 24.8 Å². The molecule has 0 saturated carbocycles. The van der Waals surface area contributed by atoms with Crippen LogP contribution < -0.4 is 10.6 Å². The third-order valence-corrected chi connectivity index (χ3v) is 5.83. The molecule has 0 bridgehead atoms. The van der Waals surface area contributed by atoms with Gasteiger partial charge in [-0.05, 0) is 44.0 Å². The van der Waals surface area contributed by atoms with Crippen molar-refractivity contribution in [3.63, 3.8) is 0 Å². The Balaban J connectivity index is 1.47. The number of hydrogen-bond donors (Lipinski definition) is 2. The van der Waals surface area contributed by atoms with Crippen molar-refractivity contribution < 1.29 is 14.0 Å². The number of likely N-dealkylation sites (N-methyl/N-ethyl adjacent to an activating group) is 1. The summed E-state index contributed by atoms with van der Waals surface area (Å²) in [7, 11) is 2.12. The van der Waals surface area contributed by atoms with Crippen LogP contribution in [0.2, 0.25) is 0 Å². The molecule has 6 nitrogen and oxygen atoms in total. The van der Waals surface area contributed by atoms with Crippen molar-refractivity contribution >= 4 is 11.8 Å². The molecule has 1 aromatic carbocycles. The van der Waals surface area contributed by atoms with E-state index in [4.69, 9.17) is 0 Å². The van der Waals surface area contributed by atoms with Gasteiger partial charge in [0, 0.05) is 44.7 Å². The van der Waals surface area contributed by atoms with Crippen molar-refractivity contribution in [3.05, 3.63) is 35.6 Å². The maximum absolute atomic E-state index is 12.9. The molecule has 0 radical (unpaired) electrons. The van der Waals surface area contributed by atoms with Crippen LogP contribution in [0.3, 0.4) is 0 Å². The molecule has 2 amide bonds. The van der Waals surface area contributed by atoms with Crippen molar-refractivity contribution in [3.8, 4) is 0 Å². The summed E-state index contributed by atoms with van der Waals surface area (Å²) in [5, 5.41) is 5.91. The quantitative estimate of drug-likeness (QED) is 0.797. The molecule has 2 aliphatic rings. The fourth-order valence-electron chi connectivity index (χ4n) is 4.07. The highest BCUT2D eigenvalue weighted by Gasteiger charge is 2.41. The number of rotatable bonds is 5. The summed E-state index contributed by atoms with van der Waals surface area (Å²) in [5.74, 6) is -0.113. The predicted molar refractivity (Wildman–Crippen MR) is 102 cm³/mol. The van der Waals surface area contributed by atoms with Gasteiger partial charge in [-0.1, -0.05) is 12.1 Å². The Hall–Kier alpha value is -1.99. The highest BCUT2D eigenvalue weighted by Crippen LogP contribution is 2.30. The molecule has 3 rings (SSSR count). The average Bonchev–Trinajstić information content (AvgIpc) is 2.82. The summed E-state index contributed by atoms with van der Waals surface area (Å²) < 4.78 is 12.9. The van der Waals surface area contributed by atoms with E-state index in [-0.39, 0.29) is 23.2 Å². The number of carbonyl (C=O) groups excluding carboxylic acids is 2. The van der Waals surface area contributed by atoms with Gasteiger partial charge in [0.2, 0.25) is 11.8 Å². The van der Waals surface area contributed by atoms with Gasteiger partial charge in [0.25, 0.3) is 0 Å². The molecule has 148 valence electrons. The molecule has 0 aliphatic carbocycles. The summed E-state index contributed by atoms with van der Waals surface area (Å²) >= 11 is 0. The van der Waals surface area contributed by atoms with Crippen LogP contribution in [0.25, 0.3) is 0 Å². The first-order chi connectivity index (χ1) is 13.0. The lowest BCUT2D eigenvalue weighted by Crippen LogP contribution is -2.62. The van der Waals surface area contributed by atoms with Gasteiger partial charge in [0.05, 0.1) is 6.54 Å². The minimum Gasteiger partial charge on any atom is -0.356 e. The number of nitrogens with one attached hydrogen (secondary N) is 2. The monoisotopic (exact) mass is 376 g/mol. The molecule has 1 unspecified atom stereocenters. The van der Waals surface area contributed by atoms with E-state index >= 15 is 0 Å². The number of halogens is 1. The van der Waals surface area contributed by atoms with Gasteiger partial charge in [-0.25, -0.2) is 4.39 Å². The second-order valence-corrected chi connectivity index (χ2v) is 7.68. The van der Waals surface area contributed by atoms with E-state index in [0.717, 1.165) is 38.0 Å². The maximum Gasteiger partial charge on any atom is 0.234 e. The molecule has 2 aliphatic heterocycles. The smallest absolute Gasteiger partial charge is 0.234 e. The zero-order valence-corrected chi connectivity index (χ0v) is 16.0. The Morgan fingerprint density at radius 1 is 1.26 bits per heavy atom. The molecular weight excluding hydrogens is 347 g/mol. The van der Waals surface area contributed by atoms with Crippen molar-refractivity contribution in [2.75, 3.05) is 46.3 Å². The van der Waals surface area contributed by atoms with Gasteiger partial charge in [0.1, 0.15) is 5.82 Å². The maximum atomic E-state index is 12.9. The summed E-state index contributed by atoms with van der Waals surface area (Å²) in [5.41, 5.74) is 0.970. The first-order valence-electron chi connectivity index (χ1n) is 9.68. The van der Waals surface area contributed by atoms with E-state index in [1.807, 2.05) is 0 Å². The van der Waals surface area contributed by atoms with E-state index in [1.165, 1.54) is 12.1 Å². The third-order valence-electron chi connectivity index (χ3n) is 5.83. The van der Waals surface area contributed by atoms with Gasteiger partial charge >= 0.3 is 0 Å². The van der Waals surface area contributed by atoms with Crippen LogP contribution in [0.4, 0.5) is 4.39 Å². The van der Waals surface area contributed by atoms with Crippen LogP contribution >= 0.6 is 0 Å². The largest absolute Gasteiger partial charge is 0.356 e. The molecular formula is C20H29FN4O2. The number of piperazine rings is 1. The predicted octanol–water partition coefficient (Wildman–Crippen LogP) is 0.771. The summed E-state index contributed by atoms with van der Waals surface area (Å²) in [6.45, 7) is 4.18. The highest BCUT2D eigenvalue weighted by molar-refractivity contribution is 5.78. The topological polar surface area (TPSA) is 64.7 Å². The van der Waals surface area contributed by atoms with Gasteiger partial charge in [-0.3, -0.25) is 19.4 Å². The zero-order valence-electron chi connectivity index (χ0n) is 16.0. The molecule has 2 heterocycles. The molecule has 1 spiro atoms. The lowest BCUT2D eigenvalue weighted by Gasteiger charge is -2.49. The molecule has 0 aromatic heterocycles. The molecule has 27 heavy (non-hydrogen) atoms. The van der Waals surface area contributed by atoms with Gasteiger partial charge in [-0.2, -0.15) is 0 Å². The molecule has 1 aromatic rings. The highest BCUT2D eigenvalue weighted by atomic mass is 19.1. The number of nitrogens with zero attached hydrogens (tertiary/aromatic N) is 2. The molecule has 2 N–H and O–H groups in total. The third kappa shape index (κ3) is 5.26. The standard InChI is InChI=1S/C20H29FN4O2/c1-24-12-13-25(15-20(24)8-6-18(26)23-11-9-20)14-19(27)22-10-7-16-2-4-17(21)5-3-16/h2-5H,6-15H2,1H3,(H,22,27)(H,23,26). The molecule has 2 saturated heterocycles. The molecule has 1 atom stereocenters. The SMILES string of the molecule is CN1CCN(CC(=O)NCCc2ccc(F)cc2)CC12CCNC(=O)CC2. The Bertz CT molecular complexity index is 666. The van der Waals surface area contributed by atoms with Gasteiger partial charge in [-0.15, -0.1) is 0 Å². The van der Waals surface area contributed by atoms with Gasteiger partial charge < -0.3 is 10.6 Å². The first kappa shape index (κ1) is 19.8. The lowest BCUT2D eigenvalue weighted by atomic mass is 9.86. The zero-order chi connectivity index (χ0) is 19.3. The molecule has 2 fully saturated rings. The van der Waals surface area contributed by atoms with Gasteiger partial charge in [0.15, 0.2) is 0 Å². The lowest BCUT2D eigenvalue weighted by molar-refractivity contribution is -0.124. The fourth-order valence-corrected chi connectivity index (χ4v) is 4.07. The van der Waals surface area contributed by atoms with Crippen molar-refractivity contribution in [1.82, 2.24) is 20.4 Å². The second kappa shape index (κ2) is 8.80. The van der Waals surface area contributed by atoms with Crippen LogP contribution in [0, 0.1) is 5.82 Å². The van der Waals surface area contributed by atoms with Crippen molar-refractivity contribution in [1.29, 1.82) is 0 Å². The van der Waals surface area contributed by atoms with Crippen molar-refractivity contribution in [2.45, 2.75) is 31.2 Å². The summed E-state index contributed by atoms with van der Waals surface area (Å²) in [6, 6.07) is 6.36. The normalized spacial score (nSPS) is 24.4. The number of carbonyl (C=O) groups is 2. The van der Waals surface area contributed by atoms with E-state index in [1.54, 1.807) is 12.1 Å². The molecule has 7 heteroatoms. The Kier molecular flexibility index (Phi) is 6.44. The van der Waals surface area contributed by atoms with Crippen LogP contribution in [-0.2, 0) is 16.0 Å². The van der Waals surface area contributed by atoms with E-state index in [9.17, 15) is 14.0 Å². The van der Waals surface area contributed by atoms with Crippen molar-refractivity contribution in [2.24, 2.45) is 0 Å². The minimum atomic E-state index is -0.248. The number of hydrogen-bond acceptors (Lipinski definition) is 4. The summed E-state index contributed by atoms with van der Waals surface area (Å²) in [4.78, 5) is 28.6. The average molecular weight is 376 g/mol. The fraction of sp³-hybridized carbons (Fsp3) is 0.600. The van der Waals surface area contributed by atoms with E-state index in [2.05, 4.69) is 27.5 Å². The van der Waals surface area contributed by atoms with E-state index < -0.39 is 0 Å². The van der Waals surface area contributed by atoms with E-state index in [0.29, 0.717) is 32.5 Å².